The van der Waals surface area contributed by atoms with Crippen LogP contribution in [0.15, 0.2) is 58.3 Å². The van der Waals surface area contributed by atoms with Gasteiger partial charge in [-0.25, -0.2) is 9.78 Å². The number of likely N-dealkylation sites (tertiary alicyclic amines) is 1. The highest BCUT2D eigenvalue weighted by molar-refractivity contribution is 5.80. The Kier molecular flexibility index (Phi) is 3.53. The number of carbonyl (C=O) groups is 1. The summed E-state index contributed by atoms with van der Waals surface area (Å²) >= 11 is 0. The molecule has 2 aromatic heterocycles. The van der Waals surface area contributed by atoms with E-state index in [0.29, 0.717) is 24.4 Å². The van der Waals surface area contributed by atoms with Gasteiger partial charge in [0, 0.05) is 43.0 Å². The van der Waals surface area contributed by atoms with E-state index in [1.807, 2.05) is 10.8 Å². The monoisotopic (exact) mass is 325 g/mol. The zero-order valence-corrected chi connectivity index (χ0v) is 12.8. The summed E-state index contributed by atoms with van der Waals surface area (Å²) in [7, 11) is 0. The molecular formula is C17H15N3O4. The van der Waals surface area contributed by atoms with Gasteiger partial charge in [0.25, 0.3) is 5.91 Å². The molecule has 0 unspecified atom stereocenters. The summed E-state index contributed by atoms with van der Waals surface area (Å²) in [6.45, 7) is 1.27. The van der Waals surface area contributed by atoms with Crippen molar-refractivity contribution in [2.75, 3.05) is 19.7 Å². The standard InChI is InChI=1S/C17H15N3O4/c21-16(20-8-13(9-20)19-6-5-18-11-19)10-23-14-3-1-12-2-4-17(22)24-15(12)7-14/h1-7,11,13H,8-10H2. The van der Waals surface area contributed by atoms with Gasteiger partial charge in [-0.05, 0) is 18.2 Å². The van der Waals surface area contributed by atoms with Gasteiger partial charge in [0.15, 0.2) is 6.61 Å². The van der Waals surface area contributed by atoms with E-state index in [9.17, 15) is 9.59 Å². The maximum absolute atomic E-state index is 12.1. The molecule has 1 saturated heterocycles. The quantitative estimate of drug-likeness (QED) is 0.679. The zero-order valence-electron chi connectivity index (χ0n) is 12.8. The fourth-order valence-electron chi connectivity index (χ4n) is 2.70. The molecule has 24 heavy (non-hydrogen) atoms. The summed E-state index contributed by atoms with van der Waals surface area (Å²) in [4.78, 5) is 29.1. The lowest BCUT2D eigenvalue weighted by molar-refractivity contribution is -0.139. The molecule has 7 nitrogen and oxygen atoms in total. The van der Waals surface area contributed by atoms with Gasteiger partial charge in [0.2, 0.25) is 0 Å². The topological polar surface area (TPSA) is 77.6 Å². The molecule has 3 heterocycles. The molecular weight excluding hydrogens is 310 g/mol. The highest BCUT2D eigenvalue weighted by atomic mass is 16.5. The van der Waals surface area contributed by atoms with Crippen LogP contribution in [0, 0.1) is 0 Å². The van der Waals surface area contributed by atoms with Crippen molar-refractivity contribution in [3.8, 4) is 5.75 Å². The van der Waals surface area contributed by atoms with Crippen molar-refractivity contribution in [2.24, 2.45) is 0 Å². The van der Waals surface area contributed by atoms with Crippen LogP contribution in [-0.2, 0) is 4.79 Å². The van der Waals surface area contributed by atoms with Crippen LogP contribution in [0.5, 0.6) is 5.75 Å². The number of benzene rings is 1. The third-order valence-corrected chi connectivity index (χ3v) is 4.12. The highest BCUT2D eigenvalue weighted by Crippen LogP contribution is 2.22. The van der Waals surface area contributed by atoms with Crippen LogP contribution >= 0.6 is 0 Å². The van der Waals surface area contributed by atoms with Crippen molar-refractivity contribution < 1.29 is 13.9 Å². The summed E-state index contributed by atoms with van der Waals surface area (Å²) in [5.74, 6) is 0.429. The van der Waals surface area contributed by atoms with E-state index in [2.05, 4.69) is 4.98 Å². The Morgan fingerprint density at radius 1 is 1.29 bits per heavy atom. The molecule has 0 bridgehead atoms. The van der Waals surface area contributed by atoms with Gasteiger partial charge in [0.1, 0.15) is 11.3 Å². The minimum atomic E-state index is -0.415. The smallest absolute Gasteiger partial charge is 0.336 e. The Labute approximate surface area is 137 Å². The molecule has 1 fully saturated rings. The Hall–Kier alpha value is -3.09. The summed E-state index contributed by atoms with van der Waals surface area (Å²) in [6, 6.07) is 8.50. The van der Waals surface area contributed by atoms with Crippen LogP contribution in [0.3, 0.4) is 0 Å². The molecule has 3 aromatic rings. The first-order valence-corrected chi connectivity index (χ1v) is 7.61. The van der Waals surface area contributed by atoms with Gasteiger partial charge in [-0.2, -0.15) is 0 Å². The van der Waals surface area contributed by atoms with E-state index >= 15 is 0 Å². The van der Waals surface area contributed by atoms with Crippen LogP contribution in [0.2, 0.25) is 0 Å². The lowest BCUT2D eigenvalue weighted by Crippen LogP contribution is -2.52. The van der Waals surface area contributed by atoms with Crippen molar-refractivity contribution in [3.63, 3.8) is 0 Å². The number of amides is 1. The molecule has 122 valence electrons. The second kappa shape index (κ2) is 5.84. The summed E-state index contributed by atoms with van der Waals surface area (Å²) in [5, 5.41) is 0.805. The summed E-state index contributed by atoms with van der Waals surface area (Å²) in [6.07, 6.45) is 5.38. The van der Waals surface area contributed by atoms with Crippen LogP contribution in [0.4, 0.5) is 0 Å². The molecule has 0 saturated carbocycles. The van der Waals surface area contributed by atoms with Gasteiger partial charge in [-0.1, -0.05) is 0 Å². The number of hydrogen-bond donors (Lipinski definition) is 0. The van der Waals surface area contributed by atoms with Crippen molar-refractivity contribution in [1.82, 2.24) is 14.5 Å². The lowest BCUT2D eigenvalue weighted by Gasteiger charge is -2.39. The Balaban J connectivity index is 1.35. The Morgan fingerprint density at radius 2 is 2.12 bits per heavy atom. The fourth-order valence-corrected chi connectivity index (χ4v) is 2.70. The van der Waals surface area contributed by atoms with Crippen molar-refractivity contribution >= 4 is 16.9 Å². The van der Waals surface area contributed by atoms with E-state index in [0.717, 1.165) is 5.39 Å². The number of ether oxygens (including phenoxy) is 1. The van der Waals surface area contributed by atoms with Crippen LogP contribution < -0.4 is 10.4 Å². The van der Waals surface area contributed by atoms with Crippen LogP contribution in [0.25, 0.3) is 11.0 Å². The molecule has 1 aliphatic heterocycles. The molecule has 0 atom stereocenters. The van der Waals surface area contributed by atoms with Crippen LogP contribution in [-0.4, -0.2) is 40.1 Å². The number of carbonyl (C=O) groups excluding carboxylic acids is 1. The zero-order chi connectivity index (χ0) is 16.5. The normalized spacial score (nSPS) is 14.6. The molecule has 0 N–H and O–H groups in total. The first-order chi connectivity index (χ1) is 11.7. The predicted octanol–water partition coefficient (Wildman–Crippen LogP) is 1.45. The Morgan fingerprint density at radius 3 is 2.92 bits per heavy atom. The molecule has 0 aliphatic carbocycles. The van der Waals surface area contributed by atoms with Gasteiger partial charge in [-0.3, -0.25) is 4.79 Å². The molecule has 1 amide bonds. The Bertz CT molecular complexity index is 926. The van der Waals surface area contributed by atoms with Gasteiger partial charge in [-0.15, -0.1) is 0 Å². The maximum atomic E-state index is 12.1. The summed E-state index contributed by atoms with van der Waals surface area (Å²) in [5.41, 5.74) is 0.0263. The molecule has 1 aromatic carbocycles. The predicted molar refractivity (Wildman–Crippen MR) is 85.8 cm³/mol. The largest absolute Gasteiger partial charge is 0.484 e. The molecule has 0 radical (unpaired) electrons. The second-order valence-corrected chi connectivity index (χ2v) is 5.71. The molecule has 1 aliphatic rings. The third kappa shape index (κ3) is 2.76. The van der Waals surface area contributed by atoms with E-state index in [4.69, 9.17) is 9.15 Å². The van der Waals surface area contributed by atoms with E-state index in [1.54, 1.807) is 41.7 Å². The highest BCUT2D eigenvalue weighted by Gasteiger charge is 2.31. The molecule has 4 rings (SSSR count). The van der Waals surface area contributed by atoms with Crippen molar-refractivity contribution in [1.29, 1.82) is 0 Å². The number of aromatic nitrogens is 2. The lowest BCUT2D eigenvalue weighted by atomic mass is 10.1. The molecule has 7 heteroatoms. The minimum Gasteiger partial charge on any atom is -0.484 e. The van der Waals surface area contributed by atoms with Crippen molar-refractivity contribution in [2.45, 2.75) is 6.04 Å². The first kappa shape index (κ1) is 14.5. The SMILES string of the molecule is O=C(COc1ccc2ccc(=O)oc2c1)N1CC(n2ccnc2)C1. The van der Waals surface area contributed by atoms with Crippen molar-refractivity contribution in [3.05, 3.63) is 59.5 Å². The number of rotatable bonds is 4. The van der Waals surface area contributed by atoms with Gasteiger partial charge < -0.3 is 18.6 Å². The number of nitrogens with zero attached hydrogens (tertiary/aromatic N) is 3. The second-order valence-electron chi connectivity index (χ2n) is 5.71. The fraction of sp³-hybridized carbons (Fsp3) is 0.235. The number of hydrogen-bond acceptors (Lipinski definition) is 5. The maximum Gasteiger partial charge on any atom is 0.336 e. The molecule has 0 spiro atoms. The number of imidazole rings is 1. The van der Waals surface area contributed by atoms with E-state index in [-0.39, 0.29) is 18.6 Å². The van der Waals surface area contributed by atoms with Gasteiger partial charge in [0.05, 0.1) is 12.4 Å². The average molecular weight is 325 g/mol. The first-order valence-electron chi connectivity index (χ1n) is 7.61. The summed E-state index contributed by atoms with van der Waals surface area (Å²) < 4.78 is 12.6. The van der Waals surface area contributed by atoms with E-state index < -0.39 is 5.63 Å². The average Bonchev–Trinajstić information content (AvgIpc) is 3.05. The van der Waals surface area contributed by atoms with Gasteiger partial charge >= 0.3 is 5.63 Å². The van der Waals surface area contributed by atoms with Crippen LogP contribution in [0.1, 0.15) is 6.04 Å². The van der Waals surface area contributed by atoms with E-state index in [1.165, 1.54) is 6.07 Å². The number of fused-ring (bicyclic) bond motifs is 1. The minimum absolute atomic E-state index is 0.0424. The third-order valence-electron chi connectivity index (χ3n) is 4.12.